The van der Waals surface area contributed by atoms with Crippen LogP contribution in [0.3, 0.4) is 0 Å². The first-order valence-corrected chi connectivity index (χ1v) is 3.68. The monoisotopic (exact) mass is 182 g/mol. The molecule has 62 valence electrons. The van der Waals surface area contributed by atoms with E-state index in [-0.39, 0.29) is 0 Å². The van der Waals surface area contributed by atoms with Gasteiger partial charge in [-0.1, -0.05) is 23.7 Å². The number of benzene rings is 1. The van der Waals surface area contributed by atoms with Crippen molar-refractivity contribution in [3.63, 3.8) is 0 Å². The smallest absolute Gasteiger partial charge is 0.227 e. The van der Waals surface area contributed by atoms with Crippen LogP contribution in [0.2, 0.25) is 5.02 Å². The maximum atomic E-state index is 9.80. The second-order valence-corrected chi connectivity index (χ2v) is 2.49. The highest BCUT2D eigenvalue weighted by atomic mass is 35.5. The molecule has 0 atom stereocenters. The zero-order valence-electron chi connectivity index (χ0n) is 6.20. The molecule has 1 N–H and O–H groups in total. The van der Waals surface area contributed by atoms with Crippen molar-refractivity contribution >= 4 is 24.2 Å². The van der Waals surface area contributed by atoms with Gasteiger partial charge in [-0.25, -0.2) is 5.43 Å². The predicted octanol–water partition coefficient (Wildman–Crippen LogP) is 1.42. The number of nitrogens with zero attached hydrogens (tertiary/aromatic N) is 1. The summed E-state index contributed by atoms with van der Waals surface area (Å²) in [5.41, 5.74) is 3.05. The van der Waals surface area contributed by atoms with Gasteiger partial charge in [0.2, 0.25) is 6.41 Å². The zero-order valence-corrected chi connectivity index (χ0v) is 6.95. The Bertz CT molecular complexity index is 282. The van der Waals surface area contributed by atoms with Crippen molar-refractivity contribution in [2.24, 2.45) is 5.10 Å². The van der Waals surface area contributed by atoms with Gasteiger partial charge in [0.1, 0.15) is 0 Å². The van der Waals surface area contributed by atoms with Crippen LogP contribution in [0.1, 0.15) is 5.56 Å². The van der Waals surface area contributed by atoms with Crippen LogP contribution < -0.4 is 5.43 Å². The van der Waals surface area contributed by atoms with E-state index in [9.17, 15) is 4.79 Å². The highest BCUT2D eigenvalue weighted by Crippen LogP contribution is 2.07. The van der Waals surface area contributed by atoms with Gasteiger partial charge in [0.05, 0.1) is 6.21 Å². The van der Waals surface area contributed by atoms with Crippen molar-refractivity contribution in [1.82, 2.24) is 5.43 Å². The van der Waals surface area contributed by atoms with Crippen LogP contribution >= 0.6 is 11.6 Å². The summed E-state index contributed by atoms with van der Waals surface area (Å²) in [5, 5.41) is 4.28. The average Bonchev–Trinajstić information content (AvgIpc) is 2.09. The van der Waals surface area contributed by atoms with Gasteiger partial charge in [0.25, 0.3) is 0 Å². The number of rotatable bonds is 3. The van der Waals surface area contributed by atoms with E-state index in [1.807, 2.05) is 0 Å². The molecule has 3 nitrogen and oxygen atoms in total. The standard InChI is InChI=1S/C8H7ClN2O/c9-8-3-1-7(2-4-8)5-10-11-6-12/h1-6H,(H,11,12)/b10-5+. The van der Waals surface area contributed by atoms with Crippen molar-refractivity contribution in [3.05, 3.63) is 34.9 Å². The minimum absolute atomic E-state index is 0.506. The third kappa shape index (κ3) is 2.72. The molecule has 4 heteroatoms. The number of nitrogens with one attached hydrogen (secondary N) is 1. The van der Waals surface area contributed by atoms with E-state index in [1.54, 1.807) is 24.3 Å². The molecular formula is C8H7ClN2O. The number of hydrazone groups is 1. The normalized spacial score (nSPS) is 10.1. The van der Waals surface area contributed by atoms with E-state index in [0.29, 0.717) is 11.4 Å². The van der Waals surface area contributed by atoms with Gasteiger partial charge in [-0.3, -0.25) is 4.79 Å². The van der Waals surface area contributed by atoms with Crippen LogP contribution in [0.5, 0.6) is 0 Å². The first kappa shape index (κ1) is 8.74. The molecule has 0 aromatic heterocycles. The molecule has 0 saturated carbocycles. The number of carbonyl (C=O) groups is 1. The molecule has 0 fully saturated rings. The molecule has 1 rings (SSSR count). The van der Waals surface area contributed by atoms with E-state index in [4.69, 9.17) is 11.6 Å². The summed E-state index contributed by atoms with van der Waals surface area (Å²) in [6.07, 6.45) is 2.04. The highest BCUT2D eigenvalue weighted by Gasteiger charge is 1.86. The molecule has 0 bridgehead atoms. The maximum absolute atomic E-state index is 9.80. The summed E-state index contributed by atoms with van der Waals surface area (Å²) >= 11 is 5.66. The predicted molar refractivity (Wildman–Crippen MR) is 48.2 cm³/mol. The highest BCUT2D eigenvalue weighted by molar-refractivity contribution is 6.30. The first-order chi connectivity index (χ1) is 5.83. The summed E-state index contributed by atoms with van der Waals surface area (Å²) in [7, 11) is 0. The lowest BCUT2D eigenvalue weighted by Crippen LogP contribution is -2.00. The Morgan fingerprint density at radius 2 is 2.00 bits per heavy atom. The summed E-state index contributed by atoms with van der Waals surface area (Å²) in [4.78, 5) is 9.80. The lowest BCUT2D eigenvalue weighted by atomic mass is 10.2. The zero-order chi connectivity index (χ0) is 8.81. The van der Waals surface area contributed by atoms with Crippen molar-refractivity contribution in [1.29, 1.82) is 0 Å². The molecule has 0 heterocycles. The van der Waals surface area contributed by atoms with Crippen LogP contribution in [-0.4, -0.2) is 12.6 Å². The van der Waals surface area contributed by atoms with Gasteiger partial charge in [-0.2, -0.15) is 5.10 Å². The SMILES string of the molecule is O=CN/N=C/c1ccc(Cl)cc1. The molecule has 0 aliphatic heterocycles. The number of amides is 1. The van der Waals surface area contributed by atoms with Crippen LogP contribution in [0.15, 0.2) is 29.4 Å². The van der Waals surface area contributed by atoms with E-state index in [1.165, 1.54) is 6.21 Å². The van der Waals surface area contributed by atoms with E-state index < -0.39 is 0 Å². The Hall–Kier alpha value is -1.35. The quantitative estimate of drug-likeness (QED) is 0.429. The fourth-order valence-corrected chi connectivity index (χ4v) is 0.817. The maximum Gasteiger partial charge on any atom is 0.227 e. The second-order valence-electron chi connectivity index (χ2n) is 2.06. The van der Waals surface area contributed by atoms with Crippen molar-refractivity contribution in [2.45, 2.75) is 0 Å². The lowest BCUT2D eigenvalue weighted by molar-refractivity contribution is -0.109. The third-order valence-corrected chi connectivity index (χ3v) is 1.46. The van der Waals surface area contributed by atoms with Crippen LogP contribution in [0.25, 0.3) is 0 Å². The fraction of sp³-hybridized carbons (Fsp3) is 0. The van der Waals surface area contributed by atoms with Crippen molar-refractivity contribution in [3.8, 4) is 0 Å². The topological polar surface area (TPSA) is 41.5 Å². The summed E-state index contributed by atoms with van der Waals surface area (Å²) in [6.45, 7) is 0. The minimum Gasteiger partial charge on any atom is -0.277 e. The number of halogens is 1. The van der Waals surface area contributed by atoms with Crippen LogP contribution in [0, 0.1) is 0 Å². The largest absolute Gasteiger partial charge is 0.277 e. The van der Waals surface area contributed by atoms with Crippen molar-refractivity contribution in [2.75, 3.05) is 0 Å². The molecule has 12 heavy (non-hydrogen) atoms. The van der Waals surface area contributed by atoms with Gasteiger partial charge >= 0.3 is 0 Å². The van der Waals surface area contributed by atoms with Crippen LogP contribution in [0.4, 0.5) is 0 Å². The molecule has 0 radical (unpaired) electrons. The summed E-state index contributed by atoms with van der Waals surface area (Å²) in [5.74, 6) is 0. The Morgan fingerprint density at radius 1 is 1.33 bits per heavy atom. The molecule has 1 amide bonds. The van der Waals surface area contributed by atoms with Gasteiger partial charge in [0.15, 0.2) is 0 Å². The number of hydrogen-bond acceptors (Lipinski definition) is 2. The number of carbonyl (C=O) groups excluding carboxylic acids is 1. The Balaban J connectivity index is 2.64. The molecule has 1 aromatic carbocycles. The van der Waals surface area contributed by atoms with Gasteiger partial charge in [0, 0.05) is 5.02 Å². The van der Waals surface area contributed by atoms with E-state index in [0.717, 1.165) is 5.56 Å². The fourth-order valence-electron chi connectivity index (χ4n) is 0.691. The van der Waals surface area contributed by atoms with Gasteiger partial charge in [-0.05, 0) is 17.7 Å². The van der Waals surface area contributed by atoms with Gasteiger partial charge < -0.3 is 0 Å². The van der Waals surface area contributed by atoms with Gasteiger partial charge in [-0.15, -0.1) is 0 Å². The second kappa shape index (κ2) is 4.51. The third-order valence-electron chi connectivity index (χ3n) is 1.21. The van der Waals surface area contributed by atoms with E-state index in [2.05, 4.69) is 10.5 Å². The first-order valence-electron chi connectivity index (χ1n) is 3.31. The molecule has 1 aromatic rings. The molecule has 0 unspecified atom stereocenters. The average molecular weight is 183 g/mol. The molecule has 0 aliphatic rings. The summed E-state index contributed by atoms with van der Waals surface area (Å²) in [6, 6.07) is 7.12. The molecule has 0 spiro atoms. The Morgan fingerprint density at radius 3 is 2.58 bits per heavy atom. The van der Waals surface area contributed by atoms with Crippen LogP contribution in [-0.2, 0) is 4.79 Å². The minimum atomic E-state index is 0.506. The lowest BCUT2D eigenvalue weighted by Gasteiger charge is -1.91. The Kier molecular flexibility index (Phi) is 3.29. The van der Waals surface area contributed by atoms with Crippen molar-refractivity contribution < 1.29 is 4.79 Å². The number of hydrogen-bond donors (Lipinski definition) is 1. The molecule has 0 aliphatic carbocycles. The molecular weight excluding hydrogens is 176 g/mol. The summed E-state index contributed by atoms with van der Waals surface area (Å²) < 4.78 is 0. The Labute approximate surface area is 75.0 Å². The van der Waals surface area contributed by atoms with E-state index >= 15 is 0 Å². The molecule has 0 saturated heterocycles.